The van der Waals surface area contributed by atoms with E-state index in [0.29, 0.717) is 25.7 Å². The van der Waals surface area contributed by atoms with Crippen LogP contribution < -0.4 is 29.6 Å². The Bertz CT molecular complexity index is 374. The molecule has 0 bridgehead atoms. The molecule has 0 aromatic rings. The van der Waals surface area contributed by atoms with E-state index in [1.807, 2.05) is 0 Å². The van der Waals surface area contributed by atoms with Crippen LogP contribution in [-0.4, -0.2) is 29.4 Å². The Morgan fingerprint density at radius 3 is 1.56 bits per heavy atom. The first-order valence-corrected chi connectivity index (χ1v) is 11.5. The molecule has 0 aliphatic carbocycles. The summed E-state index contributed by atoms with van der Waals surface area (Å²) in [6.07, 6.45) is 13.7. The van der Waals surface area contributed by atoms with E-state index in [4.69, 9.17) is 0 Å². The van der Waals surface area contributed by atoms with Crippen molar-refractivity contribution in [2.45, 2.75) is 122 Å². The second-order valence-corrected chi connectivity index (χ2v) is 8.76. The minimum absolute atomic E-state index is 0. The fraction of sp³-hybridized carbons (Fsp3) is 1.00. The van der Waals surface area contributed by atoms with Crippen LogP contribution in [0.3, 0.4) is 0 Å². The molecular weight excluding hydrogens is 347 g/mol. The number of aliphatic hydroxyl groups excluding tert-OH is 1. The summed E-state index contributed by atoms with van der Waals surface area (Å²) in [5.74, 6) is 0. The zero-order valence-corrected chi connectivity index (χ0v) is 19.7. The molecule has 0 saturated heterocycles. The van der Waals surface area contributed by atoms with Gasteiger partial charge in [0.25, 0.3) is 0 Å². The predicted octanol–water partition coefficient (Wildman–Crippen LogP) is 2.16. The third-order valence-corrected chi connectivity index (χ3v) is 6.03. The minimum atomic E-state index is -4.19. The van der Waals surface area contributed by atoms with Gasteiger partial charge in [0.15, 0.2) is 0 Å². The summed E-state index contributed by atoms with van der Waals surface area (Å²) in [7, 11) is -4.19. The monoisotopic (exact) mass is 386 g/mol. The van der Waals surface area contributed by atoms with Gasteiger partial charge in [0, 0.05) is 5.25 Å². The van der Waals surface area contributed by atoms with Crippen LogP contribution in [0.4, 0.5) is 0 Å². The largest absolute Gasteiger partial charge is 1.00 e. The summed E-state index contributed by atoms with van der Waals surface area (Å²) in [4.78, 5) is 0. The molecule has 0 aliphatic rings. The molecule has 1 N–H and O–H groups in total. The van der Waals surface area contributed by atoms with Gasteiger partial charge in [0.05, 0.1) is 16.2 Å². The molecule has 146 valence electrons. The summed E-state index contributed by atoms with van der Waals surface area (Å²) in [5.41, 5.74) is 0. The second-order valence-electron chi connectivity index (χ2n) is 7.11. The molecule has 0 saturated carbocycles. The zero-order chi connectivity index (χ0) is 18.3. The van der Waals surface area contributed by atoms with Crippen LogP contribution in [0.25, 0.3) is 0 Å². The van der Waals surface area contributed by atoms with E-state index in [1.54, 1.807) is 0 Å². The van der Waals surface area contributed by atoms with Crippen molar-refractivity contribution in [3.8, 4) is 0 Å². The minimum Gasteiger partial charge on any atom is -0.748 e. The van der Waals surface area contributed by atoms with Crippen molar-refractivity contribution in [2.24, 2.45) is 0 Å². The van der Waals surface area contributed by atoms with Crippen molar-refractivity contribution in [3.63, 3.8) is 0 Å². The van der Waals surface area contributed by atoms with Crippen molar-refractivity contribution >= 4 is 10.1 Å². The fourth-order valence-electron chi connectivity index (χ4n) is 3.11. The molecule has 0 rings (SSSR count). The standard InChI is InChI=1S/C19H40O4S.Na/c1-3-5-7-9-11-16-19(24(21,22)23)17-13-12-15-18(20)14-10-8-6-4-2;/h18-20H,3-17H2,1-2H3,(H,21,22,23);/q;+1/p-1. The maximum Gasteiger partial charge on any atom is 1.00 e. The van der Waals surface area contributed by atoms with Crippen molar-refractivity contribution in [3.05, 3.63) is 0 Å². The molecule has 4 nitrogen and oxygen atoms in total. The molecule has 0 amide bonds. The van der Waals surface area contributed by atoms with Crippen LogP contribution >= 0.6 is 0 Å². The number of hydrogen-bond donors (Lipinski definition) is 1. The molecule has 0 heterocycles. The Labute approximate surface area is 178 Å². The second kappa shape index (κ2) is 18.2. The summed E-state index contributed by atoms with van der Waals surface area (Å²) in [6.45, 7) is 4.31. The van der Waals surface area contributed by atoms with Gasteiger partial charge in [-0.3, -0.25) is 0 Å². The first kappa shape index (κ1) is 28.1. The Morgan fingerprint density at radius 2 is 1.08 bits per heavy atom. The smallest absolute Gasteiger partial charge is 0.748 e. The van der Waals surface area contributed by atoms with Crippen LogP contribution in [0.2, 0.25) is 0 Å². The SMILES string of the molecule is CCCCCCCC(CCCCC(O)CCCCCC)S(=O)(=O)[O-].[Na+]. The van der Waals surface area contributed by atoms with Crippen molar-refractivity contribution in [1.29, 1.82) is 0 Å². The summed E-state index contributed by atoms with van der Waals surface area (Å²) >= 11 is 0. The summed E-state index contributed by atoms with van der Waals surface area (Å²) in [6, 6.07) is 0. The number of aliphatic hydroxyl groups is 1. The summed E-state index contributed by atoms with van der Waals surface area (Å²) < 4.78 is 34.1. The average molecular weight is 387 g/mol. The van der Waals surface area contributed by atoms with Crippen LogP contribution in [0, 0.1) is 0 Å². The first-order chi connectivity index (χ1) is 11.4. The van der Waals surface area contributed by atoms with E-state index in [0.717, 1.165) is 44.9 Å². The number of unbranched alkanes of at least 4 members (excludes halogenated alkanes) is 8. The van der Waals surface area contributed by atoms with Crippen molar-refractivity contribution in [1.82, 2.24) is 0 Å². The molecule has 0 aromatic carbocycles. The van der Waals surface area contributed by atoms with E-state index in [-0.39, 0.29) is 35.7 Å². The van der Waals surface area contributed by atoms with Crippen LogP contribution in [-0.2, 0) is 10.1 Å². The molecule has 2 unspecified atom stereocenters. The topological polar surface area (TPSA) is 77.4 Å². The van der Waals surface area contributed by atoms with Gasteiger partial charge in [-0.2, -0.15) is 0 Å². The quantitative estimate of drug-likeness (QED) is 0.236. The van der Waals surface area contributed by atoms with Gasteiger partial charge in [0.1, 0.15) is 0 Å². The molecule has 2 atom stereocenters. The molecule has 0 spiro atoms. The average Bonchev–Trinajstić information content (AvgIpc) is 2.52. The maximum atomic E-state index is 11.4. The van der Waals surface area contributed by atoms with Crippen molar-refractivity contribution in [2.75, 3.05) is 0 Å². The Morgan fingerprint density at radius 1 is 0.720 bits per heavy atom. The van der Waals surface area contributed by atoms with Gasteiger partial charge in [0.2, 0.25) is 0 Å². The van der Waals surface area contributed by atoms with E-state index >= 15 is 0 Å². The predicted molar refractivity (Wildman–Crippen MR) is 100 cm³/mol. The molecular formula is C19H39NaO4S. The Hall–Kier alpha value is 0.870. The first-order valence-electron chi connectivity index (χ1n) is 10.0. The molecule has 6 heteroatoms. The normalized spacial score (nSPS) is 14.1. The van der Waals surface area contributed by atoms with E-state index in [2.05, 4.69) is 13.8 Å². The van der Waals surface area contributed by atoms with Gasteiger partial charge < -0.3 is 9.66 Å². The van der Waals surface area contributed by atoms with E-state index < -0.39 is 15.4 Å². The molecule has 25 heavy (non-hydrogen) atoms. The molecule has 0 aliphatic heterocycles. The molecule has 0 fully saturated rings. The third kappa shape index (κ3) is 18.0. The van der Waals surface area contributed by atoms with Gasteiger partial charge in [-0.25, -0.2) is 8.42 Å². The number of hydrogen-bond acceptors (Lipinski definition) is 4. The number of rotatable bonds is 17. The summed E-state index contributed by atoms with van der Waals surface area (Å²) in [5, 5.41) is 9.18. The van der Waals surface area contributed by atoms with Crippen LogP contribution in [0.1, 0.15) is 110 Å². The molecule has 0 aromatic heterocycles. The molecule has 0 radical (unpaired) electrons. The third-order valence-electron chi connectivity index (χ3n) is 4.74. The zero-order valence-electron chi connectivity index (χ0n) is 16.8. The van der Waals surface area contributed by atoms with Gasteiger partial charge in [-0.1, -0.05) is 84.5 Å². The van der Waals surface area contributed by atoms with Crippen LogP contribution in [0.15, 0.2) is 0 Å². The van der Waals surface area contributed by atoms with Crippen molar-refractivity contribution < 1.29 is 47.6 Å². The van der Waals surface area contributed by atoms with Gasteiger partial charge >= 0.3 is 29.6 Å². The van der Waals surface area contributed by atoms with E-state index in [9.17, 15) is 18.1 Å². The maximum absolute atomic E-state index is 11.4. The van der Waals surface area contributed by atoms with Gasteiger partial charge in [-0.15, -0.1) is 0 Å². The Balaban J connectivity index is 0. The fourth-order valence-corrected chi connectivity index (χ4v) is 4.02. The Kier molecular flexibility index (Phi) is 20.5. The van der Waals surface area contributed by atoms with Crippen LogP contribution in [0.5, 0.6) is 0 Å². The van der Waals surface area contributed by atoms with Gasteiger partial charge in [-0.05, 0) is 25.7 Å². The van der Waals surface area contributed by atoms with E-state index in [1.165, 1.54) is 25.7 Å².